The quantitative estimate of drug-likeness (QED) is 0.609. The molecule has 1 fully saturated rings. The van der Waals surface area contributed by atoms with Crippen LogP contribution in [0.3, 0.4) is 0 Å². The fourth-order valence-corrected chi connectivity index (χ4v) is 4.27. The van der Waals surface area contributed by atoms with Gasteiger partial charge in [-0.1, -0.05) is 48.2 Å². The zero-order chi connectivity index (χ0) is 19.5. The van der Waals surface area contributed by atoms with Crippen LogP contribution in [0, 0.1) is 13.8 Å². The van der Waals surface area contributed by atoms with Gasteiger partial charge >= 0.3 is 0 Å². The van der Waals surface area contributed by atoms with E-state index in [1.54, 1.807) is 0 Å². The van der Waals surface area contributed by atoms with Crippen molar-refractivity contribution in [2.75, 3.05) is 18.8 Å². The summed E-state index contributed by atoms with van der Waals surface area (Å²) in [5, 5.41) is 9.63. The first-order chi connectivity index (χ1) is 13.6. The average Bonchev–Trinajstić information content (AvgIpc) is 3.39. The number of thioether (sulfide) groups is 1. The number of carbonyl (C=O) groups excluding carboxylic acids is 1. The Labute approximate surface area is 169 Å². The van der Waals surface area contributed by atoms with E-state index in [4.69, 9.17) is 0 Å². The lowest BCUT2D eigenvalue weighted by Gasteiger charge is -2.15. The number of benzene rings is 2. The molecule has 0 unspecified atom stereocenters. The monoisotopic (exact) mass is 392 g/mol. The lowest BCUT2D eigenvalue weighted by Crippen LogP contribution is -2.29. The number of amides is 1. The molecule has 3 aromatic rings. The summed E-state index contributed by atoms with van der Waals surface area (Å²) in [5.74, 6) is 1.36. The van der Waals surface area contributed by atoms with Gasteiger partial charge in [0.2, 0.25) is 5.91 Å². The molecule has 28 heavy (non-hydrogen) atoms. The number of aromatic nitrogens is 3. The van der Waals surface area contributed by atoms with Gasteiger partial charge in [0, 0.05) is 18.7 Å². The minimum Gasteiger partial charge on any atom is -0.342 e. The van der Waals surface area contributed by atoms with Crippen molar-refractivity contribution in [1.29, 1.82) is 0 Å². The van der Waals surface area contributed by atoms with Crippen molar-refractivity contribution in [1.82, 2.24) is 19.7 Å². The van der Waals surface area contributed by atoms with Crippen molar-refractivity contribution in [3.8, 4) is 17.1 Å². The second-order valence-corrected chi connectivity index (χ2v) is 8.10. The maximum absolute atomic E-state index is 12.5. The molecule has 0 atom stereocenters. The van der Waals surface area contributed by atoms with Gasteiger partial charge in [-0.15, -0.1) is 10.2 Å². The van der Waals surface area contributed by atoms with Crippen LogP contribution in [0.5, 0.6) is 0 Å². The van der Waals surface area contributed by atoms with Crippen LogP contribution in [0.4, 0.5) is 0 Å². The molecule has 2 aromatic carbocycles. The van der Waals surface area contributed by atoms with E-state index in [9.17, 15) is 4.79 Å². The maximum atomic E-state index is 12.5. The summed E-state index contributed by atoms with van der Waals surface area (Å²) < 4.78 is 2.06. The molecule has 1 aromatic heterocycles. The first-order valence-corrected chi connectivity index (χ1v) is 10.6. The lowest BCUT2D eigenvalue weighted by atomic mass is 10.1. The Hall–Kier alpha value is -2.60. The Morgan fingerprint density at radius 3 is 2.46 bits per heavy atom. The Bertz CT molecular complexity index is 977. The van der Waals surface area contributed by atoms with E-state index in [1.165, 1.54) is 22.9 Å². The standard InChI is InChI=1S/C22H24N4OS/c1-16-10-11-19(14-17(16)2)26-21(18-8-4-3-5-9-18)23-24-22(26)28-15-20(27)25-12-6-7-13-25/h3-5,8-11,14H,6-7,12-13,15H2,1-2H3. The maximum Gasteiger partial charge on any atom is 0.233 e. The highest BCUT2D eigenvalue weighted by atomic mass is 32.2. The number of nitrogens with zero attached hydrogens (tertiary/aromatic N) is 4. The van der Waals surface area contributed by atoms with Crippen LogP contribution in [0.2, 0.25) is 0 Å². The number of carbonyl (C=O) groups is 1. The van der Waals surface area contributed by atoms with E-state index in [1.807, 2.05) is 35.2 Å². The average molecular weight is 393 g/mol. The third kappa shape index (κ3) is 3.83. The largest absolute Gasteiger partial charge is 0.342 e. The molecule has 2 heterocycles. The number of hydrogen-bond acceptors (Lipinski definition) is 4. The molecule has 1 saturated heterocycles. The Morgan fingerprint density at radius 2 is 1.75 bits per heavy atom. The second kappa shape index (κ2) is 8.19. The van der Waals surface area contributed by atoms with Gasteiger partial charge in [-0.25, -0.2) is 0 Å². The van der Waals surface area contributed by atoms with Crippen molar-refractivity contribution >= 4 is 17.7 Å². The zero-order valence-corrected chi connectivity index (χ0v) is 17.1. The normalized spacial score (nSPS) is 13.9. The topological polar surface area (TPSA) is 51.0 Å². The van der Waals surface area contributed by atoms with Crippen molar-refractivity contribution in [3.05, 3.63) is 59.7 Å². The molecule has 0 bridgehead atoms. The molecule has 5 nitrogen and oxygen atoms in total. The fraction of sp³-hybridized carbons (Fsp3) is 0.318. The molecule has 6 heteroatoms. The Morgan fingerprint density at radius 1 is 1.00 bits per heavy atom. The number of rotatable bonds is 5. The summed E-state index contributed by atoms with van der Waals surface area (Å²) in [4.78, 5) is 14.4. The van der Waals surface area contributed by atoms with E-state index >= 15 is 0 Å². The van der Waals surface area contributed by atoms with Gasteiger partial charge < -0.3 is 4.90 Å². The first kappa shape index (κ1) is 18.7. The summed E-state index contributed by atoms with van der Waals surface area (Å²) in [7, 11) is 0. The molecule has 0 aliphatic carbocycles. The molecule has 0 N–H and O–H groups in total. The van der Waals surface area contributed by atoms with Crippen LogP contribution in [0.25, 0.3) is 17.1 Å². The van der Waals surface area contributed by atoms with Crippen LogP contribution < -0.4 is 0 Å². The summed E-state index contributed by atoms with van der Waals surface area (Å²) in [6.07, 6.45) is 2.21. The molecule has 0 saturated carbocycles. The molecular formula is C22H24N4OS. The number of aryl methyl sites for hydroxylation is 2. The zero-order valence-electron chi connectivity index (χ0n) is 16.3. The van der Waals surface area contributed by atoms with Crippen LogP contribution in [0.1, 0.15) is 24.0 Å². The highest BCUT2D eigenvalue weighted by Crippen LogP contribution is 2.29. The van der Waals surface area contributed by atoms with Crippen LogP contribution in [-0.4, -0.2) is 44.4 Å². The SMILES string of the molecule is Cc1ccc(-n2c(SCC(=O)N3CCCC3)nnc2-c2ccccc2)cc1C. The second-order valence-electron chi connectivity index (χ2n) is 7.15. The van der Waals surface area contributed by atoms with Gasteiger partial charge in [0.15, 0.2) is 11.0 Å². The van der Waals surface area contributed by atoms with E-state index in [0.29, 0.717) is 5.75 Å². The Kier molecular flexibility index (Phi) is 5.48. The van der Waals surface area contributed by atoms with E-state index < -0.39 is 0 Å². The molecule has 0 radical (unpaired) electrons. The smallest absolute Gasteiger partial charge is 0.233 e. The van der Waals surface area contributed by atoms with Crippen LogP contribution in [-0.2, 0) is 4.79 Å². The molecule has 0 spiro atoms. The van der Waals surface area contributed by atoms with Crippen molar-refractivity contribution in [3.63, 3.8) is 0 Å². The number of likely N-dealkylation sites (tertiary alicyclic amines) is 1. The molecular weight excluding hydrogens is 368 g/mol. The summed E-state index contributed by atoms with van der Waals surface area (Å²) >= 11 is 1.46. The van der Waals surface area contributed by atoms with E-state index in [-0.39, 0.29) is 5.91 Å². The van der Waals surface area contributed by atoms with Crippen molar-refractivity contribution < 1.29 is 4.79 Å². The third-order valence-corrected chi connectivity index (χ3v) is 6.11. The van der Waals surface area contributed by atoms with Gasteiger partial charge in [-0.3, -0.25) is 9.36 Å². The minimum absolute atomic E-state index is 0.179. The molecule has 1 amide bonds. The van der Waals surface area contributed by atoms with Gasteiger partial charge in [0.1, 0.15) is 0 Å². The highest BCUT2D eigenvalue weighted by Gasteiger charge is 2.21. The summed E-state index contributed by atoms with van der Waals surface area (Å²) in [5.41, 5.74) is 4.49. The van der Waals surface area contributed by atoms with E-state index in [0.717, 1.165) is 48.2 Å². The van der Waals surface area contributed by atoms with Crippen molar-refractivity contribution in [2.24, 2.45) is 0 Å². The predicted octanol–water partition coefficient (Wildman–Crippen LogP) is 4.27. The highest BCUT2D eigenvalue weighted by molar-refractivity contribution is 7.99. The van der Waals surface area contributed by atoms with Crippen LogP contribution >= 0.6 is 11.8 Å². The molecule has 1 aliphatic heterocycles. The number of hydrogen-bond donors (Lipinski definition) is 0. The van der Waals surface area contributed by atoms with Gasteiger partial charge in [0.25, 0.3) is 0 Å². The van der Waals surface area contributed by atoms with E-state index in [2.05, 4.69) is 46.8 Å². The minimum atomic E-state index is 0.179. The summed E-state index contributed by atoms with van der Waals surface area (Å²) in [6.45, 7) is 5.96. The van der Waals surface area contributed by atoms with Crippen molar-refractivity contribution in [2.45, 2.75) is 31.8 Å². The van der Waals surface area contributed by atoms with Gasteiger partial charge in [0.05, 0.1) is 11.4 Å². The molecule has 1 aliphatic rings. The lowest BCUT2D eigenvalue weighted by molar-refractivity contribution is -0.127. The Balaban J connectivity index is 1.68. The van der Waals surface area contributed by atoms with Gasteiger partial charge in [-0.05, 0) is 49.9 Å². The fourth-order valence-electron chi connectivity index (χ4n) is 3.42. The molecule has 144 valence electrons. The third-order valence-electron chi connectivity index (χ3n) is 5.20. The molecule has 4 rings (SSSR count). The predicted molar refractivity (Wildman–Crippen MR) is 113 cm³/mol. The first-order valence-electron chi connectivity index (χ1n) is 9.62. The summed E-state index contributed by atoms with van der Waals surface area (Å²) in [6, 6.07) is 16.4. The van der Waals surface area contributed by atoms with Crippen LogP contribution in [0.15, 0.2) is 53.7 Å². The van der Waals surface area contributed by atoms with Gasteiger partial charge in [-0.2, -0.15) is 0 Å².